The van der Waals surface area contributed by atoms with Crippen molar-refractivity contribution in [2.75, 3.05) is 0 Å². The van der Waals surface area contributed by atoms with E-state index in [1.54, 1.807) is 24.3 Å². The Morgan fingerprint density at radius 2 is 0.846 bits per heavy atom. The number of benzene rings is 3. The molecule has 0 atom stereocenters. The average molecular weight is 492 g/mol. The third kappa shape index (κ3) is 3.57. The van der Waals surface area contributed by atoms with Crippen LogP contribution in [0.15, 0.2) is 57.5 Å². The lowest BCUT2D eigenvalue weighted by Crippen LogP contribution is -2.04. The molecule has 0 aliphatic carbocycles. The highest BCUT2D eigenvalue weighted by Crippen LogP contribution is 2.41. The third-order valence-corrected chi connectivity index (χ3v) is 4.59. The van der Waals surface area contributed by atoms with E-state index in [-0.39, 0.29) is 11.5 Å². The van der Waals surface area contributed by atoms with Crippen LogP contribution in [0.1, 0.15) is 0 Å². The number of rotatable bonds is 4. The molecule has 0 aliphatic heterocycles. The summed E-state index contributed by atoms with van der Waals surface area (Å²) < 4.78 is 68.0. The summed E-state index contributed by atoms with van der Waals surface area (Å²) in [5, 5.41) is 0. The fourth-order valence-electron chi connectivity index (χ4n) is 2.05. The second kappa shape index (κ2) is 7.67. The first-order valence-corrected chi connectivity index (χ1v) is 8.69. The Balaban J connectivity index is 2.05. The van der Waals surface area contributed by atoms with Gasteiger partial charge in [-0.25, -0.2) is 0 Å². The molecule has 0 spiro atoms. The van der Waals surface area contributed by atoms with Crippen LogP contribution in [0.3, 0.4) is 0 Å². The van der Waals surface area contributed by atoms with Crippen LogP contribution < -0.4 is 9.47 Å². The smallest absolute Gasteiger partial charge is 0.208 e. The molecule has 0 bridgehead atoms. The summed E-state index contributed by atoms with van der Waals surface area (Å²) in [5.74, 6) is -9.25. The van der Waals surface area contributed by atoms with Crippen LogP contribution in [0.25, 0.3) is 0 Å². The zero-order valence-corrected chi connectivity index (χ0v) is 15.9. The van der Waals surface area contributed by atoms with E-state index in [0.717, 1.165) is 0 Å². The van der Waals surface area contributed by atoms with Crippen LogP contribution in [0.4, 0.5) is 17.6 Å². The van der Waals surface area contributed by atoms with Gasteiger partial charge >= 0.3 is 0 Å². The minimum atomic E-state index is -1.71. The highest BCUT2D eigenvalue weighted by molar-refractivity contribution is 9.10. The van der Waals surface area contributed by atoms with Gasteiger partial charge in [0, 0.05) is 0 Å². The third-order valence-electron chi connectivity index (χ3n) is 3.28. The van der Waals surface area contributed by atoms with Crippen molar-refractivity contribution < 1.29 is 27.0 Å². The molecule has 0 heterocycles. The van der Waals surface area contributed by atoms with Crippen molar-refractivity contribution in [3.8, 4) is 23.0 Å². The van der Waals surface area contributed by atoms with Crippen molar-refractivity contribution in [1.82, 2.24) is 0 Å². The Kier molecular flexibility index (Phi) is 5.52. The highest BCUT2D eigenvalue weighted by atomic mass is 79.9. The second-order valence-corrected chi connectivity index (χ2v) is 6.69. The number of hydrogen-bond acceptors (Lipinski definition) is 2. The van der Waals surface area contributed by atoms with Gasteiger partial charge in [-0.3, -0.25) is 0 Å². The standard InChI is InChI=1S/C18H8Br2F4O2/c19-9-5-1-3-7-11(9)25-17-13(21)15(23)18(16(24)14(17)22)26-12-8-4-2-6-10(12)20/h1-8H. The van der Waals surface area contributed by atoms with E-state index >= 15 is 0 Å². The Morgan fingerprint density at radius 1 is 0.538 bits per heavy atom. The number of ether oxygens (including phenoxy) is 2. The second-order valence-electron chi connectivity index (χ2n) is 4.98. The molecular weight excluding hydrogens is 484 g/mol. The van der Waals surface area contributed by atoms with Gasteiger partial charge in [0.25, 0.3) is 0 Å². The average Bonchev–Trinajstić information content (AvgIpc) is 2.63. The van der Waals surface area contributed by atoms with Crippen LogP contribution in [0, 0.1) is 23.3 Å². The van der Waals surface area contributed by atoms with Crippen molar-refractivity contribution >= 4 is 31.9 Å². The maximum atomic E-state index is 14.3. The van der Waals surface area contributed by atoms with Gasteiger partial charge in [0.15, 0.2) is 0 Å². The van der Waals surface area contributed by atoms with Gasteiger partial charge in [-0.05, 0) is 56.1 Å². The minimum absolute atomic E-state index is 0.0106. The predicted octanol–water partition coefficient (Wildman–Crippen LogP) is 7.35. The molecule has 0 radical (unpaired) electrons. The normalized spacial score (nSPS) is 10.7. The van der Waals surface area contributed by atoms with Crippen LogP contribution in [0.2, 0.25) is 0 Å². The minimum Gasteiger partial charge on any atom is -0.450 e. The molecule has 0 saturated heterocycles. The van der Waals surface area contributed by atoms with Gasteiger partial charge in [0.1, 0.15) is 11.5 Å². The van der Waals surface area contributed by atoms with Crippen molar-refractivity contribution in [2.24, 2.45) is 0 Å². The number of para-hydroxylation sites is 2. The molecule has 0 fully saturated rings. The number of hydrogen-bond donors (Lipinski definition) is 0. The summed E-state index contributed by atoms with van der Waals surface area (Å²) in [7, 11) is 0. The summed E-state index contributed by atoms with van der Waals surface area (Å²) in [6.07, 6.45) is 0. The van der Waals surface area contributed by atoms with Crippen molar-refractivity contribution in [1.29, 1.82) is 0 Å². The molecule has 0 unspecified atom stereocenters. The molecule has 8 heteroatoms. The lowest BCUT2D eigenvalue weighted by molar-refractivity contribution is 0.329. The Labute approximate surface area is 162 Å². The van der Waals surface area contributed by atoms with E-state index in [2.05, 4.69) is 31.9 Å². The SMILES string of the molecule is Fc1c(F)c(Oc2ccccc2Br)c(F)c(F)c1Oc1ccccc1Br. The summed E-state index contributed by atoms with van der Waals surface area (Å²) in [6.45, 7) is 0. The molecule has 26 heavy (non-hydrogen) atoms. The summed E-state index contributed by atoms with van der Waals surface area (Å²) >= 11 is 6.24. The Morgan fingerprint density at radius 3 is 1.15 bits per heavy atom. The first-order chi connectivity index (χ1) is 12.4. The fourth-order valence-corrected chi connectivity index (χ4v) is 2.78. The largest absolute Gasteiger partial charge is 0.450 e. The summed E-state index contributed by atoms with van der Waals surface area (Å²) in [4.78, 5) is 0. The molecular formula is C18H8Br2F4O2. The number of halogens is 6. The Hall–Kier alpha value is -2.06. The van der Waals surface area contributed by atoms with Gasteiger partial charge in [0.2, 0.25) is 34.8 Å². The monoisotopic (exact) mass is 490 g/mol. The maximum Gasteiger partial charge on any atom is 0.208 e. The lowest BCUT2D eigenvalue weighted by atomic mass is 10.2. The van der Waals surface area contributed by atoms with Gasteiger partial charge in [-0.1, -0.05) is 24.3 Å². The summed E-state index contributed by atoms with van der Waals surface area (Å²) in [5.41, 5.74) is 0. The van der Waals surface area contributed by atoms with E-state index in [4.69, 9.17) is 9.47 Å². The quantitative estimate of drug-likeness (QED) is 0.280. The zero-order valence-electron chi connectivity index (χ0n) is 12.7. The first-order valence-electron chi connectivity index (χ1n) is 7.11. The van der Waals surface area contributed by atoms with E-state index in [0.29, 0.717) is 8.95 Å². The van der Waals surface area contributed by atoms with E-state index in [9.17, 15) is 17.6 Å². The highest BCUT2D eigenvalue weighted by Gasteiger charge is 2.29. The molecule has 3 aromatic carbocycles. The fraction of sp³-hybridized carbons (Fsp3) is 0. The van der Waals surface area contributed by atoms with Crippen LogP contribution >= 0.6 is 31.9 Å². The Bertz CT molecular complexity index is 872. The summed E-state index contributed by atoms with van der Waals surface area (Å²) in [6, 6.07) is 12.2. The van der Waals surface area contributed by atoms with E-state index in [1.165, 1.54) is 24.3 Å². The van der Waals surface area contributed by atoms with Crippen molar-refractivity contribution in [3.63, 3.8) is 0 Å². The van der Waals surface area contributed by atoms with Crippen molar-refractivity contribution in [3.05, 3.63) is 80.7 Å². The molecule has 3 rings (SSSR count). The van der Waals surface area contributed by atoms with Crippen molar-refractivity contribution in [2.45, 2.75) is 0 Å². The molecule has 0 saturated carbocycles. The molecule has 0 aliphatic rings. The zero-order chi connectivity index (χ0) is 18.8. The molecule has 0 amide bonds. The topological polar surface area (TPSA) is 18.5 Å². The molecule has 134 valence electrons. The maximum absolute atomic E-state index is 14.3. The van der Waals surface area contributed by atoms with E-state index in [1.807, 2.05) is 0 Å². The first kappa shape index (κ1) is 18.7. The molecule has 2 nitrogen and oxygen atoms in total. The van der Waals surface area contributed by atoms with Gasteiger partial charge in [-0.2, -0.15) is 17.6 Å². The van der Waals surface area contributed by atoms with Crippen LogP contribution in [-0.4, -0.2) is 0 Å². The van der Waals surface area contributed by atoms with Gasteiger partial charge in [0.05, 0.1) is 8.95 Å². The van der Waals surface area contributed by atoms with Gasteiger partial charge in [-0.15, -0.1) is 0 Å². The van der Waals surface area contributed by atoms with Crippen LogP contribution in [0.5, 0.6) is 23.0 Å². The predicted molar refractivity (Wildman–Crippen MR) is 94.7 cm³/mol. The van der Waals surface area contributed by atoms with Gasteiger partial charge < -0.3 is 9.47 Å². The lowest BCUT2D eigenvalue weighted by Gasteiger charge is -2.14. The molecule has 3 aromatic rings. The van der Waals surface area contributed by atoms with Crippen LogP contribution in [-0.2, 0) is 0 Å². The molecule has 0 N–H and O–H groups in total. The molecule has 0 aromatic heterocycles. The van der Waals surface area contributed by atoms with E-state index < -0.39 is 34.8 Å².